The Morgan fingerprint density at radius 2 is 1.55 bits per heavy atom. The number of amides is 1. The second-order valence-corrected chi connectivity index (χ2v) is 5.62. The molecular formula is C20H23NO. The molecule has 22 heavy (non-hydrogen) atoms. The average molecular weight is 293 g/mol. The van der Waals surface area contributed by atoms with E-state index < -0.39 is 0 Å². The van der Waals surface area contributed by atoms with Crippen molar-refractivity contribution in [2.45, 2.75) is 26.7 Å². The molecule has 2 aromatic rings. The van der Waals surface area contributed by atoms with Gasteiger partial charge in [-0.25, -0.2) is 0 Å². The van der Waals surface area contributed by atoms with Gasteiger partial charge in [-0.1, -0.05) is 59.7 Å². The summed E-state index contributed by atoms with van der Waals surface area (Å²) in [7, 11) is 0. The largest absolute Gasteiger partial charge is 0.353 e. The van der Waals surface area contributed by atoms with Crippen LogP contribution >= 0.6 is 0 Å². The van der Waals surface area contributed by atoms with E-state index in [0.717, 1.165) is 18.4 Å². The second kappa shape index (κ2) is 8.18. The molecule has 114 valence electrons. The number of aryl methyl sites for hydroxylation is 3. The summed E-state index contributed by atoms with van der Waals surface area (Å²) in [5.74, 6) is -0.0375. The van der Waals surface area contributed by atoms with Gasteiger partial charge in [-0.15, -0.1) is 0 Å². The van der Waals surface area contributed by atoms with Crippen LogP contribution in [0, 0.1) is 13.8 Å². The summed E-state index contributed by atoms with van der Waals surface area (Å²) in [5.41, 5.74) is 4.85. The van der Waals surface area contributed by atoms with Crippen LogP contribution < -0.4 is 5.32 Å². The third-order valence-corrected chi connectivity index (χ3v) is 3.57. The SMILES string of the molecule is Cc1ccc(/C=C/C(=O)NCCCc2ccc(C)cc2)cc1. The van der Waals surface area contributed by atoms with Gasteiger partial charge in [-0.05, 0) is 43.9 Å². The first-order valence-corrected chi connectivity index (χ1v) is 7.71. The summed E-state index contributed by atoms with van der Waals surface area (Å²) in [6.45, 7) is 4.84. The van der Waals surface area contributed by atoms with Crippen LogP contribution in [0.5, 0.6) is 0 Å². The van der Waals surface area contributed by atoms with Crippen molar-refractivity contribution in [3.8, 4) is 0 Å². The van der Waals surface area contributed by atoms with E-state index in [-0.39, 0.29) is 5.91 Å². The first-order chi connectivity index (χ1) is 10.6. The third-order valence-electron chi connectivity index (χ3n) is 3.57. The van der Waals surface area contributed by atoms with Crippen LogP contribution in [0.25, 0.3) is 6.08 Å². The van der Waals surface area contributed by atoms with Crippen LogP contribution in [0.15, 0.2) is 54.6 Å². The molecule has 0 aliphatic carbocycles. The summed E-state index contributed by atoms with van der Waals surface area (Å²) in [6.07, 6.45) is 5.38. The molecule has 0 bridgehead atoms. The zero-order chi connectivity index (χ0) is 15.8. The highest BCUT2D eigenvalue weighted by Crippen LogP contribution is 2.06. The lowest BCUT2D eigenvalue weighted by atomic mass is 10.1. The first kappa shape index (κ1) is 16.0. The Hall–Kier alpha value is -2.35. The number of benzene rings is 2. The van der Waals surface area contributed by atoms with Crippen molar-refractivity contribution in [2.75, 3.05) is 6.54 Å². The Bertz CT molecular complexity index is 624. The Morgan fingerprint density at radius 3 is 2.18 bits per heavy atom. The Morgan fingerprint density at radius 1 is 0.955 bits per heavy atom. The number of nitrogens with one attached hydrogen (secondary N) is 1. The molecular weight excluding hydrogens is 270 g/mol. The predicted molar refractivity (Wildman–Crippen MR) is 92.7 cm³/mol. The molecule has 0 aliphatic heterocycles. The standard InChI is InChI=1S/C20H23NO/c1-16-5-9-18(10-6-16)4-3-15-21-20(22)14-13-19-11-7-17(2)8-12-19/h5-14H,3-4,15H2,1-2H3,(H,21,22)/b14-13+. The molecule has 0 saturated heterocycles. The van der Waals surface area contributed by atoms with Crippen molar-refractivity contribution in [2.24, 2.45) is 0 Å². The lowest BCUT2D eigenvalue weighted by Gasteiger charge is -2.03. The number of carbonyl (C=O) groups excluding carboxylic acids is 1. The minimum absolute atomic E-state index is 0.0375. The van der Waals surface area contributed by atoms with Gasteiger partial charge in [0.1, 0.15) is 0 Å². The molecule has 0 aliphatic rings. The molecule has 0 spiro atoms. The fourth-order valence-electron chi connectivity index (χ4n) is 2.17. The molecule has 0 saturated carbocycles. The minimum Gasteiger partial charge on any atom is -0.353 e. The first-order valence-electron chi connectivity index (χ1n) is 7.71. The highest BCUT2D eigenvalue weighted by Gasteiger charge is 1.97. The lowest BCUT2D eigenvalue weighted by molar-refractivity contribution is -0.116. The van der Waals surface area contributed by atoms with Crippen molar-refractivity contribution in [3.05, 3.63) is 76.9 Å². The van der Waals surface area contributed by atoms with E-state index in [0.29, 0.717) is 6.54 Å². The zero-order valence-electron chi connectivity index (χ0n) is 13.3. The number of hydrogen-bond donors (Lipinski definition) is 1. The van der Waals surface area contributed by atoms with Crippen LogP contribution in [0.4, 0.5) is 0 Å². The van der Waals surface area contributed by atoms with Gasteiger partial charge >= 0.3 is 0 Å². The van der Waals surface area contributed by atoms with Crippen LogP contribution in [0.2, 0.25) is 0 Å². The van der Waals surface area contributed by atoms with Crippen molar-refractivity contribution >= 4 is 12.0 Å². The minimum atomic E-state index is -0.0375. The smallest absolute Gasteiger partial charge is 0.243 e. The maximum Gasteiger partial charge on any atom is 0.243 e. The van der Waals surface area contributed by atoms with Crippen molar-refractivity contribution < 1.29 is 4.79 Å². The van der Waals surface area contributed by atoms with Crippen molar-refractivity contribution in [3.63, 3.8) is 0 Å². The van der Waals surface area contributed by atoms with Crippen molar-refractivity contribution in [1.82, 2.24) is 5.32 Å². The highest BCUT2D eigenvalue weighted by molar-refractivity contribution is 5.91. The molecule has 0 fully saturated rings. The Labute approximate surface area is 132 Å². The fraction of sp³-hybridized carbons (Fsp3) is 0.250. The van der Waals surface area contributed by atoms with E-state index in [4.69, 9.17) is 0 Å². The predicted octanol–water partition coefficient (Wildman–Crippen LogP) is 4.07. The molecule has 2 aromatic carbocycles. The van der Waals surface area contributed by atoms with E-state index >= 15 is 0 Å². The van der Waals surface area contributed by atoms with Gasteiger partial charge in [-0.2, -0.15) is 0 Å². The van der Waals surface area contributed by atoms with E-state index in [1.165, 1.54) is 16.7 Å². The van der Waals surface area contributed by atoms with Gasteiger partial charge in [0.15, 0.2) is 0 Å². The molecule has 1 amide bonds. The summed E-state index contributed by atoms with van der Waals surface area (Å²) in [6, 6.07) is 16.6. The van der Waals surface area contributed by atoms with Crippen molar-refractivity contribution in [1.29, 1.82) is 0 Å². The highest BCUT2D eigenvalue weighted by atomic mass is 16.1. The quantitative estimate of drug-likeness (QED) is 0.631. The van der Waals surface area contributed by atoms with Gasteiger partial charge < -0.3 is 5.32 Å². The van der Waals surface area contributed by atoms with Gasteiger partial charge in [0, 0.05) is 12.6 Å². The van der Waals surface area contributed by atoms with Gasteiger partial charge in [-0.3, -0.25) is 4.79 Å². The molecule has 2 heteroatoms. The molecule has 0 radical (unpaired) electrons. The monoisotopic (exact) mass is 293 g/mol. The fourth-order valence-corrected chi connectivity index (χ4v) is 2.17. The molecule has 0 atom stereocenters. The van der Waals surface area contributed by atoms with E-state index in [9.17, 15) is 4.79 Å². The number of carbonyl (C=O) groups is 1. The summed E-state index contributed by atoms with van der Waals surface area (Å²) >= 11 is 0. The van der Waals surface area contributed by atoms with Crippen LogP contribution in [-0.4, -0.2) is 12.5 Å². The van der Waals surface area contributed by atoms with Crippen LogP contribution in [0.1, 0.15) is 28.7 Å². The molecule has 0 heterocycles. The third kappa shape index (κ3) is 5.57. The summed E-state index contributed by atoms with van der Waals surface area (Å²) in [4.78, 5) is 11.7. The van der Waals surface area contributed by atoms with Gasteiger partial charge in [0.2, 0.25) is 5.91 Å². The lowest BCUT2D eigenvalue weighted by Crippen LogP contribution is -2.22. The normalized spacial score (nSPS) is 10.8. The maximum absolute atomic E-state index is 11.7. The zero-order valence-corrected chi connectivity index (χ0v) is 13.3. The molecule has 1 N–H and O–H groups in total. The number of hydrogen-bond acceptors (Lipinski definition) is 1. The van der Waals surface area contributed by atoms with Gasteiger partial charge in [0.25, 0.3) is 0 Å². The summed E-state index contributed by atoms with van der Waals surface area (Å²) < 4.78 is 0. The number of rotatable bonds is 6. The second-order valence-electron chi connectivity index (χ2n) is 5.62. The average Bonchev–Trinajstić information content (AvgIpc) is 2.53. The molecule has 2 nitrogen and oxygen atoms in total. The Balaban J connectivity index is 1.69. The molecule has 0 aromatic heterocycles. The van der Waals surface area contributed by atoms with E-state index in [1.807, 2.05) is 37.3 Å². The van der Waals surface area contributed by atoms with Crippen LogP contribution in [0.3, 0.4) is 0 Å². The Kier molecular flexibility index (Phi) is 5.96. The molecule has 2 rings (SSSR count). The molecule has 0 unspecified atom stereocenters. The van der Waals surface area contributed by atoms with Gasteiger partial charge in [0.05, 0.1) is 0 Å². The van der Waals surface area contributed by atoms with E-state index in [1.54, 1.807) is 6.08 Å². The topological polar surface area (TPSA) is 29.1 Å². The summed E-state index contributed by atoms with van der Waals surface area (Å²) in [5, 5.41) is 2.92. The maximum atomic E-state index is 11.7. The van der Waals surface area contributed by atoms with Crippen LogP contribution in [-0.2, 0) is 11.2 Å². The van der Waals surface area contributed by atoms with E-state index in [2.05, 4.69) is 36.5 Å².